The fourth-order valence-electron chi connectivity index (χ4n) is 2.34. The molecule has 0 fully saturated rings. The molecule has 2 aromatic carbocycles. The van der Waals surface area contributed by atoms with Crippen molar-refractivity contribution in [3.63, 3.8) is 0 Å². The van der Waals surface area contributed by atoms with Crippen LogP contribution in [0.5, 0.6) is 23.0 Å². The molecule has 0 bridgehead atoms. The van der Waals surface area contributed by atoms with Gasteiger partial charge in [0.25, 0.3) is 0 Å². The first-order chi connectivity index (χ1) is 11.9. The van der Waals surface area contributed by atoms with Crippen molar-refractivity contribution in [1.29, 1.82) is 0 Å². The fraction of sp³-hybridized carbons (Fsp3) is 0.400. The van der Waals surface area contributed by atoms with Crippen LogP contribution in [0.3, 0.4) is 0 Å². The summed E-state index contributed by atoms with van der Waals surface area (Å²) in [6.45, 7) is 7.14. The van der Waals surface area contributed by atoms with E-state index in [9.17, 15) is 0 Å². The van der Waals surface area contributed by atoms with Crippen molar-refractivity contribution in [2.24, 2.45) is 0 Å². The van der Waals surface area contributed by atoms with Crippen molar-refractivity contribution in [2.45, 2.75) is 26.2 Å². The first kappa shape index (κ1) is 19.3. The largest absolute Gasteiger partial charge is 0.493 e. The molecule has 4 nitrogen and oxygen atoms in total. The van der Waals surface area contributed by atoms with Crippen molar-refractivity contribution < 1.29 is 18.9 Å². The molecule has 0 unspecified atom stereocenters. The van der Waals surface area contributed by atoms with Crippen LogP contribution in [-0.2, 0) is 5.41 Å². The van der Waals surface area contributed by atoms with Gasteiger partial charge in [0, 0.05) is 0 Å². The minimum atomic E-state index is 0.0473. The van der Waals surface area contributed by atoms with Gasteiger partial charge < -0.3 is 18.9 Å². The third-order valence-electron chi connectivity index (χ3n) is 3.77. The molecular formula is C20H25ClO4. The van der Waals surface area contributed by atoms with Gasteiger partial charge in [0.1, 0.15) is 19.0 Å². The smallest absolute Gasteiger partial charge is 0.203 e. The second kappa shape index (κ2) is 8.34. The number of para-hydroxylation sites is 1. The SMILES string of the molecule is COc1cccc(OC)c1OCCOc1ccc(C(C)(C)C)cc1Cl. The summed E-state index contributed by atoms with van der Waals surface area (Å²) in [7, 11) is 3.18. The van der Waals surface area contributed by atoms with E-state index in [4.69, 9.17) is 30.5 Å². The van der Waals surface area contributed by atoms with Crippen LogP contribution < -0.4 is 18.9 Å². The monoisotopic (exact) mass is 364 g/mol. The predicted octanol–water partition coefficient (Wildman–Crippen LogP) is 5.11. The normalized spacial score (nSPS) is 11.1. The Kier molecular flexibility index (Phi) is 6.43. The van der Waals surface area contributed by atoms with Gasteiger partial charge in [-0.05, 0) is 35.2 Å². The van der Waals surface area contributed by atoms with Crippen molar-refractivity contribution >= 4 is 11.6 Å². The molecule has 0 radical (unpaired) electrons. The summed E-state index contributed by atoms with van der Waals surface area (Å²) in [5.74, 6) is 2.44. The Morgan fingerprint density at radius 1 is 0.840 bits per heavy atom. The number of methoxy groups -OCH3 is 2. The van der Waals surface area contributed by atoms with Crippen molar-refractivity contribution in [3.05, 3.63) is 47.0 Å². The third-order valence-corrected chi connectivity index (χ3v) is 4.06. The topological polar surface area (TPSA) is 36.9 Å². The highest BCUT2D eigenvalue weighted by molar-refractivity contribution is 6.32. The molecule has 0 spiro atoms. The maximum atomic E-state index is 6.32. The molecular weight excluding hydrogens is 340 g/mol. The molecule has 0 saturated heterocycles. The zero-order valence-electron chi connectivity index (χ0n) is 15.4. The quantitative estimate of drug-likeness (QED) is 0.639. The summed E-state index contributed by atoms with van der Waals surface area (Å²) in [5, 5.41) is 0.599. The molecule has 2 aromatic rings. The molecule has 0 N–H and O–H groups in total. The predicted molar refractivity (Wildman–Crippen MR) is 101 cm³/mol. The first-order valence-electron chi connectivity index (χ1n) is 8.13. The van der Waals surface area contributed by atoms with Gasteiger partial charge in [-0.1, -0.05) is 44.5 Å². The third kappa shape index (κ3) is 4.95. The summed E-state index contributed by atoms with van der Waals surface area (Å²) < 4.78 is 22.1. The number of hydrogen-bond donors (Lipinski definition) is 0. The molecule has 0 amide bonds. The molecule has 0 aliphatic carbocycles. The maximum Gasteiger partial charge on any atom is 0.203 e. The molecule has 0 aliphatic rings. The van der Waals surface area contributed by atoms with Crippen LogP contribution >= 0.6 is 11.6 Å². The molecule has 5 heteroatoms. The Labute approximate surface area is 154 Å². The summed E-state index contributed by atoms with van der Waals surface area (Å²) in [4.78, 5) is 0. The molecule has 0 atom stereocenters. The average molecular weight is 365 g/mol. The lowest BCUT2D eigenvalue weighted by Gasteiger charge is -2.20. The lowest BCUT2D eigenvalue weighted by molar-refractivity contribution is 0.205. The van der Waals surface area contributed by atoms with Gasteiger partial charge in [-0.3, -0.25) is 0 Å². The van der Waals surface area contributed by atoms with E-state index in [2.05, 4.69) is 20.8 Å². The zero-order valence-corrected chi connectivity index (χ0v) is 16.1. The van der Waals surface area contributed by atoms with Crippen LogP contribution in [-0.4, -0.2) is 27.4 Å². The maximum absolute atomic E-state index is 6.32. The summed E-state index contributed by atoms with van der Waals surface area (Å²) >= 11 is 6.32. The van der Waals surface area contributed by atoms with Gasteiger partial charge in [-0.15, -0.1) is 0 Å². The van der Waals surface area contributed by atoms with Crippen LogP contribution in [0.25, 0.3) is 0 Å². The average Bonchev–Trinajstić information content (AvgIpc) is 2.58. The minimum Gasteiger partial charge on any atom is -0.493 e. The Morgan fingerprint density at radius 3 is 1.96 bits per heavy atom. The van der Waals surface area contributed by atoms with Crippen molar-refractivity contribution in [1.82, 2.24) is 0 Å². The highest BCUT2D eigenvalue weighted by atomic mass is 35.5. The Morgan fingerprint density at radius 2 is 1.44 bits per heavy atom. The van der Waals surface area contributed by atoms with E-state index in [0.717, 1.165) is 0 Å². The summed E-state index contributed by atoms with van der Waals surface area (Å²) in [5.41, 5.74) is 1.21. The number of hydrogen-bond acceptors (Lipinski definition) is 4. The molecule has 0 saturated carbocycles. The standard InChI is InChI=1S/C20H25ClO4/c1-20(2,3)14-9-10-16(15(21)13-14)24-11-12-25-19-17(22-4)7-6-8-18(19)23-5/h6-10,13H,11-12H2,1-5H3. The second-order valence-corrected chi connectivity index (χ2v) is 6.99. The number of ether oxygens (including phenoxy) is 4. The Bertz CT molecular complexity index is 685. The molecule has 2 rings (SSSR count). The van der Waals surface area contributed by atoms with Gasteiger partial charge in [0.05, 0.1) is 19.2 Å². The Balaban J connectivity index is 1.96. The molecule has 0 aliphatic heterocycles. The molecule has 136 valence electrons. The molecule has 25 heavy (non-hydrogen) atoms. The fourth-order valence-corrected chi connectivity index (χ4v) is 2.57. The van der Waals surface area contributed by atoms with Gasteiger partial charge in [0.15, 0.2) is 11.5 Å². The molecule has 0 aromatic heterocycles. The van der Waals surface area contributed by atoms with Crippen LogP contribution in [0.2, 0.25) is 5.02 Å². The minimum absolute atomic E-state index is 0.0473. The van der Waals surface area contributed by atoms with E-state index in [-0.39, 0.29) is 5.41 Å². The van der Waals surface area contributed by atoms with Crippen molar-refractivity contribution in [2.75, 3.05) is 27.4 Å². The highest BCUT2D eigenvalue weighted by Gasteiger charge is 2.15. The number of halogens is 1. The second-order valence-electron chi connectivity index (χ2n) is 6.58. The van der Waals surface area contributed by atoms with Gasteiger partial charge in [0.2, 0.25) is 5.75 Å². The first-order valence-corrected chi connectivity index (χ1v) is 8.51. The summed E-state index contributed by atoms with van der Waals surface area (Å²) in [6.07, 6.45) is 0. The van der Waals surface area contributed by atoms with Crippen LogP contribution in [0, 0.1) is 0 Å². The zero-order chi connectivity index (χ0) is 18.4. The van der Waals surface area contributed by atoms with Crippen molar-refractivity contribution in [3.8, 4) is 23.0 Å². The van der Waals surface area contributed by atoms with Crippen LogP contribution in [0.1, 0.15) is 26.3 Å². The lowest BCUT2D eigenvalue weighted by Crippen LogP contribution is -2.12. The number of benzene rings is 2. The van der Waals surface area contributed by atoms with E-state index >= 15 is 0 Å². The lowest BCUT2D eigenvalue weighted by atomic mass is 9.87. The van der Waals surface area contributed by atoms with E-state index in [0.29, 0.717) is 41.2 Å². The van der Waals surface area contributed by atoms with E-state index in [1.165, 1.54) is 5.56 Å². The van der Waals surface area contributed by atoms with E-state index < -0.39 is 0 Å². The van der Waals surface area contributed by atoms with Crippen LogP contribution in [0.4, 0.5) is 0 Å². The van der Waals surface area contributed by atoms with Crippen LogP contribution in [0.15, 0.2) is 36.4 Å². The van der Waals surface area contributed by atoms with Gasteiger partial charge in [-0.2, -0.15) is 0 Å². The van der Waals surface area contributed by atoms with Gasteiger partial charge in [-0.25, -0.2) is 0 Å². The van der Waals surface area contributed by atoms with E-state index in [1.807, 2.05) is 36.4 Å². The highest BCUT2D eigenvalue weighted by Crippen LogP contribution is 2.36. The van der Waals surface area contributed by atoms with Gasteiger partial charge >= 0.3 is 0 Å². The molecule has 0 heterocycles. The Hall–Kier alpha value is -2.07. The number of rotatable bonds is 7. The summed E-state index contributed by atoms with van der Waals surface area (Å²) in [6, 6.07) is 11.4. The van der Waals surface area contributed by atoms with E-state index in [1.54, 1.807) is 14.2 Å².